The highest BCUT2D eigenvalue weighted by Crippen LogP contribution is 2.32. The molecule has 1 aliphatic heterocycles. The van der Waals surface area contributed by atoms with Crippen molar-refractivity contribution in [3.8, 4) is 17.0 Å². The Labute approximate surface area is 231 Å². The van der Waals surface area contributed by atoms with Gasteiger partial charge in [-0.2, -0.15) is 4.98 Å². The van der Waals surface area contributed by atoms with Crippen LogP contribution in [0.3, 0.4) is 0 Å². The van der Waals surface area contributed by atoms with Gasteiger partial charge in [0.05, 0.1) is 4.53 Å². The number of hydrogen-bond donors (Lipinski definition) is 0. The predicted octanol–water partition coefficient (Wildman–Crippen LogP) is 4.35. The lowest BCUT2D eigenvalue weighted by Crippen LogP contribution is -2.33. The molecular weight excluding hydrogens is 537 g/mol. The number of carbonyl (C=O) groups excluding carboxylic acids is 1. The van der Waals surface area contributed by atoms with E-state index in [1.165, 1.54) is 23.1 Å². The Morgan fingerprint density at radius 3 is 2.37 bits per heavy atom. The number of para-hydroxylation sites is 1. The number of thioether (sulfide) groups is 1. The highest BCUT2D eigenvalue weighted by atomic mass is 32.2. The first-order chi connectivity index (χ1) is 18.5. The van der Waals surface area contributed by atoms with Crippen molar-refractivity contribution in [3.63, 3.8) is 0 Å². The molecule has 1 fully saturated rings. The minimum absolute atomic E-state index is 0.158. The standard InChI is InChI=1S/C28H22N4O3S3/c1-3-30-25(33)21(37-27(30)23-26(34)31(4-2)28(36)38-23)16-22-29-24-19(32(22)18-13-9-6-10-14-18)15-20(35-24)17-11-7-5-8-12-17/h5-16H,3-4H2,1-2H3/b21-16+,27-23+. The maximum absolute atomic E-state index is 13.5. The summed E-state index contributed by atoms with van der Waals surface area (Å²) >= 11 is 7.93. The maximum atomic E-state index is 13.5. The summed E-state index contributed by atoms with van der Waals surface area (Å²) < 4.78 is 11.4. The molecule has 0 bridgehead atoms. The van der Waals surface area contributed by atoms with Crippen LogP contribution in [0.5, 0.6) is 0 Å². The zero-order valence-electron chi connectivity index (χ0n) is 20.6. The third-order valence-corrected chi connectivity index (χ3v) is 8.99. The number of furan rings is 1. The van der Waals surface area contributed by atoms with Crippen LogP contribution in [0.15, 0.2) is 75.9 Å². The first-order valence-electron chi connectivity index (χ1n) is 12.1. The van der Waals surface area contributed by atoms with Crippen LogP contribution in [-0.4, -0.2) is 35.8 Å². The SMILES string of the molecule is CCN1C(=O)/C(=c2\s/c(=C/c3nc4oc(-c5ccccc5)cc4n3-c3ccccc3)c(=O)n2CC)SC1=S. The highest BCUT2D eigenvalue weighted by Gasteiger charge is 2.33. The number of nitrogens with zero attached hydrogens (tertiary/aromatic N) is 4. The van der Waals surface area contributed by atoms with Gasteiger partial charge in [0.1, 0.15) is 31.0 Å². The molecule has 0 saturated carbocycles. The summed E-state index contributed by atoms with van der Waals surface area (Å²) in [5.74, 6) is 1.13. The van der Waals surface area contributed by atoms with Crippen molar-refractivity contribution in [2.45, 2.75) is 20.4 Å². The van der Waals surface area contributed by atoms with Crippen LogP contribution in [-0.2, 0) is 11.3 Å². The number of benzene rings is 2. The largest absolute Gasteiger partial charge is 0.436 e. The molecule has 1 saturated heterocycles. The molecule has 6 rings (SSSR count). The molecule has 0 unspecified atom stereocenters. The van der Waals surface area contributed by atoms with Gasteiger partial charge in [0.15, 0.2) is 0 Å². The Balaban J connectivity index is 1.58. The fraction of sp³-hybridized carbons (Fsp3) is 0.143. The van der Waals surface area contributed by atoms with Gasteiger partial charge in [-0.05, 0) is 26.0 Å². The highest BCUT2D eigenvalue weighted by molar-refractivity contribution is 8.30. The average Bonchev–Trinajstić information content (AvgIpc) is 3.65. The normalized spacial score (nSPS) is 15.8. The molecule has 4 heterocycles. The van der Waals surface area contributed by atoms with Crippen LogP contribution < -0.4 is 14.8 Å². The Hall–Kier alpha value is -3.73. The van der Waals surface area contributed by atoms with Crippen molar-refractivity contribution in [2.24, 2.45) is 0 Å². The molecule has 0 N–H and O–H groups in total. The molecule has 3 aromatic heterocycles. The molecule has 0 atom stereocenters. The van der Waals surface area contributed by atoms with Gasteiger partial charge in [-0.15, -0.1) is 11.3 Å². The fourth-order valence-electron chi connectivity index (χ4n) is 4.47. The Bertz CT molecular complexity index is 1880. The maximum Gasteiger partial charge on any atom is 0.269 e. The number of rotatable bonds is 5. The third-order valence-electron chi connectivity index (χ3n) is 6.30. The first-order valence-corrected chi connectivity index (χ1v) is 14.2. The third kappa shape index (κ3) is 4.05. The molecule has 7 nitrogen and oxygen atoms in total. The molecule has 1 amide bonds. The first kappa shape index (κ1) is 24.6. The molecule has 2 aromatic carbocycles. The summed E-state index contributed by atoms with van der Waals surface area (Å²) in [6, 6.07) is 21.7. The van der Waals surface area contributed by atoms with E-state index in [-0.39, 0.29) is 11.5 Å². The number of thiocarbonyl (C=S) groups is 1. The summed E-state index contributed by atoms with van der Waals surface area (Å²) in [6.45, 7) is 4.71. The summed E-state index contributed by atoms with van der Waals surface area (Å²) in [6.07, 6.45) is 1.77. The van der Waals surface area contributed by atoms with Crippen molar-refractivity contribution in [1.82, 2.24) is 19.0 Å². The summed E-state index contributed by atoms with van der Waals surface area (Å²) in [5, 5.41) is 0. The van der Waals surface area contributed by atoms with Gasteiger partial charge >= 0.3 is 0 Å². The molecule has 0 spiro atoms. The number of fused-ring (bicyclic) bond motifs is 1. The monoisotopic (exact) mass is 558 g/mol. The molecule has 0 aliphatic carbocycles. The van der Waals surface area contributed by atoms with Gasteiger partial charge in [0, 0.05) is 36.5 Å². The molecule has 0 radical (unpaired) electrons. The van der Waals surface area contributed by atoms with E-state index >= 15 is 0 Å². The van der Waals surface area contributed by atoms with E-state index in [1.807, 2.05) is 85.1 Å². The second-order valence-corrected chi connectivity index (χ2v) is 11.2. The predicted molar refractivity (Wildman–Crippen MR) is 157 cm³/mol. The van der Waals surface area contributed by atoms with E-state index in [2.05, 4.69) is 0 Å². The van der Waals surface area contributed by atoms with Crippen LogP contribution in [0.25, 0.3) is 39.2 Å². The molecule has 1 aliphatic rings. The van der Waals surface area contributed by atoms with Crippen LogP contribution >= 0.6 is 35.3 Å². The molecule has 38 heavy (non-hydrogen) atoms. The lowest BCUT2D eigenvalue weighted by Gasteiger charge is -2.09. The van der Waals surface area contributed by atoms with Crippen molar-refractivity contribution in [2.75, 3.05) is 6.54 Å². The second-order valence-electron chi connectivity index (χ2n) is 8.52. The molecule has 10 heteroatoms. The second kappa shape index (κ2) is 9.86. The zero-order valence-corrected chi connectivity index (χ0v) is 23.0. The van der Waals surface area contributed by atoms with Gasteiger partial charge in [-0.25, -0.2) is 0 Å². The zero-order chi connectivity index (χ0) is 26.4. The number of hydrogen-bond acceptors (Lipinski definition) is 7. The number of thiazole rings is 1. The number of aromatic nitrogens is 3. The average molecular weight is 559 g/mol. The van der Waals surface area contributed by atoms with Crippen molar-refractivity contribution < 1.29 is 9.21 Å². The van der Waals surface area contributed by atoms with Gasteiger partial charge in [0.2, 0.25) is 5.71 Å². The molecule has 5 aromatic rings. The van der Waals surface area contributed by atoms with Crippen LogP contribution in [0.4, 0.5) is 0 Å². The minimum Gasteiger partial charge on any atom is -0.436 e. The van der Waals surface area contributed by atoms with Gasteiger partial charge in [0.25, 0.3) is 11.5 Å². The quantitative estimate of drug-likeness (QED) is 0.299. The summed E-state index contributed by atoms with van der Waals surface area (Å²) in [7, 11) is 0. The lowest BCUT2D eigenvalue weighted by atomic mass is 10.2. The smallest absolute Gasteiger partial charge is 0.269 e. The minimum atomic E-state index is -0.168. The lowest BCUT2D eigenvalue weighted by molar-refractivity contribution is -0.120. The molecular formula is C28H22N4O3S3. The topological polar surface area (TPSA) is 73.3 Å². The Morgan fingerprint density at radius 2 is 1.71 bits per heavy atom. The summed E-state index contributed by atoms with van der Waals surface area (Å²) in [5.41, 5.74) is 2.96. The van der Waals surface area contributed by atoms with Crippen molar-refractivity contribution >= 4 is 67.8 Å². The van der Waals surface area contributed by atoms with E-state index in [9.17, 15) is 9.59 Å². The van der Waals surface area contributed by atoms with Crippen LogP contribution in [0.2, 0.25) is 0 Å². The number of carbonyl (C=O) groups is 1. The van der Waals surface area contributed by atoms with E-state index in [4.69, 9.17) is 21.6 Å². The van der Waals surface area contributed by atoms with E-state index in [0.717, 1.165) is 22.5 Å². The van der Waals surface area contributed by atoms with Crippen LogP contribution in [0.1, 0.15) is 19.7 Å². The van der Waals surface area contributed by atoms with Gasteiger partial charge in [-0.3, -0.25) is 23.6 Å². The van der Waals surface area contributed by atoms with Crippen molar-refractivity contribution in [3.05, 3.63) is 92.1 Å². The Morgan fingerprint density at radius 1 is 1.00 bits per heavy atom. The van der Waals surface area contributed by atoms with Crippen molar-refractivity contribution in [1.29, 1.82) is 0 Å². The number of amides is 1. The fourth-order valence-corrected chi connectivity index (χ4v) is 7.15. The van der Waals surface area contributed by atoms with Crippen LogP contribution in [0, 0.1) is 0 Å². The Kier molecular flexibility index (Phi) is 6.38. The number of imidazole rings is 1. The van der Waals surface area contributed by atoms with E-state index in [0.29, 0.717) is 43.0 Å². The summed E-state index contributed by atoms with van der Waals surface area (Å²) in [4.78, 5) is 33.3. The van der Waals surface area contributed by atoms with E-state index in [1.54, 1.807) is 15.5 Å². The molecule has 190 valence electrons. The van der Waals surface area contributed by atoms with Gasteiger partial charge < -0.3 is 4.42 Å². The van der Waals surface area contributed by atoms with E-state index < -0.39 is 0 Å². The van der Waals surface area contributed by atoms with Gasteiger partial charge in [-0.1, -0.05) is 72.5 Å².